The van der Waals surface area contributed by atoms with E-state index in [1.807, 2.05) is 12.1 Å². The van der Waals surface area contributed by atoms with Crippen LogP contribution in [0.5, 0.6) is 11.5 Å². The first-order valence-electron chi connectivity index (χ1n) is 7.38. The first kappa shape index (κ1) is 17.1. The lowest BCUT2D eigenvalue weighted by atomic mass is 10.2. The third kappa shape index (κ3) is 3.85. The van der Waals surface area contributed by atoms with Gasteiger partial charge >= 0.3 is 0 Å². The fourth-order valence-corrected chi connectivity index (χ4v) is 3.05. The van der Waals surface area contributed by atoms with E-state index in [-0.39, 0.29) is 36.1 Å². The van der Waals surface area contributed by atoms with Crippen LogP contribution in [0, 0.1) is 5.82 Å². The summed E-state index contributed by atoms with van der Waals surface area (Å²) in [6.07, 6.45) is 0.549. The largest absolute Gasteiger partial charge is 0.497 e. The molecule has 1 amide bonds. The Labute approximate surface area is 148 Å². The van der Waals surface area contributed by atoms with E-state index in [0.717, 1.165) is 29.5 Å². The number of benzene rings is 2. The molecule has 0 aliphatic carbocycles. The van der Waals surface area contributed by atoms with Crippen molar-refractivity contribution in [2.75, 3.05) is 18.0 Å². The van der Waals surface area contributed by atoms with Gasteiger partial charge in [0.2, 0.25) is 0 Å². The molecule has 25 heavy (non-hydrogen) atoms. The molecular weight excluding hydrogens is 347 g/mol. The highest BCUT2D eigenvalue weighted by molar-refractivity contribution is 7.99. The monoisotopic (exact) mass is 362 g/mol. The quantitative estimate of drug-likeness (QED) is 0.630. The van der Waals surface area contributed by atoms with E-state index in [1.165, 1.54) is 10.4 Å². The van der Waals surface area contributed by atoms with Crippen molar-refractivity contribution in [3.63, 3.8) is 0 Å². The van der Waals surface area contributed by atoms with Crippen molar-refractivity contribution in [2.45, 2.75) is 6.61 Å². The van der Waals surface area contributed by atoms with E-state index in [1.54, 1.807) is 19.2 Å². The Morgan fingerprint density at radius 2 is 2.08 bits per heavy atom. The van der Waals surface area contributed by atoms with Crippen molar-refractivity contribution in [1.82, 2.24) is 4.72 Å². The Balaban J connectivity index is 1.85. The molecule has 130 valence electrons. The van der Waals surface area contributed by atoms with Crippen LogP contribution in [-0.2, 0) is 11.4 Å². The maximum absolute atomic E-state index is 14.5. The van der Waals surface area contributed by atoms with Gasteiger partial charge in [0.25, 0.3) is 5.91 Å². The first-order chi connectivity index (χ1) is 12.1. The van der Waals surface area contributed by atoms with E-state index >= 15 is 0 Å². The Hall–Kier alpha value is -2.74. The van der Waals surface area contributed by atoms with E-state index in [4.69, 9.17) is 9.47 Å². The maximum atomic E-state index is 14.5. The Morgan fingerprint density at radius 1 is 1.32 bits per heavy atom. The normalized spacial score (nSPS) is 13.5. The fraction of sp³-hybridized carbons (Fsp3) is 0.176. The molecule has 0 bridgehead atoms. The van der Waals surface area contributed by atoms with Crippen molar-refractivity contribution < 1.29 is 23.5 Å². The number of anilines is 1. The van der Waals surface area contributed by atoms with Crippen LogP contribution >= 0.6 is 12.1 Å². The minimum atomic E-state index is -0.627. The minimum absolute atomic E-state index is 0.000911. The lowest BCUT2D eigenvalue weighted by Gasteiger charge is -2.19. The number of nitrogens with one attached hydrogen (secondary N) is 1. The predicted octanol–water partition coefficient (Wildman–Crippen LogP) is 2.73. The number of ether oxygens (including phenoxy) is 2. The van der Waals surface area contributed by atoms with Crippen LogP contribution in [0.3, 0.4) is 0 Å². The number of hydrogen-bond acceptors (Lipinski definition) is 6. The molecule has 1 fully saturated rings. The second-order valence-electron chi connectivity index (χ2n) is 5.26. The molecule has 8 heteroatoms. The van der Waals surface area contributed by atoms with Crippen LogP contribution < -0.4 is 18.5 Å². The second kappa shape index (κ2) is 7.43. The second-order valence-corrected chi connectivity index (χ2v) is 6.08. The maximum Gasteiger partial charge on any atom is 0.251 e. The van der Waals surface area contributed by atoms with Crippen molar-refractivity contribution >= 4 is 30.0 Å². The molecule has 0 unspecified atom stereocenters. The SMILES string of the molecule is COc1ccc(COc2cc(C=O)cc(F)c2N2CC(=O)NS2)cc1. The van der Waals surface area contributed by atoms with E-state index in [0.29, 0.717) is 6.29 Å². The number of methoxy groups -OCH3 is 1. The minimum Gasteiger partial charge on any atom is -0.497 e. The molecular formula is C17H15FN2O4S. The van der Waals surface area contributed by atoms with Crippen LogP contribution in [0.2, 0.25) is 0 Å². The summed E-state index contributed by atoms with van der Waals surface area (Å²) in [6.45, 7) is 0.180. The molecule has 0 radical (unpaired) electrons. The molecule has 2 aromatic rings. The Morgan fingerprint density at radius 3 is 2.68 bits per heavy atom. The molecule has 2 aromatic carbocycles. The predicted molar refractivity (Wildman–Crippen MR) is 92.2 cm³/mol. The lowest BCUT2D eigenvalue weighted by Crippen LogP contribution is -2.17. The average molecular weight is 362 g/mol. The number of nitrogens with zero attached hydrogens (tertiary/aromatic N) is 1. The van der Waals surface area contributed by atoms with Gasteiger partial charge in [-0.15, -0.1) is 0 Å². The zero-order valence-corrected chi connectivity index (χ0v) is 14.1. The summed E-state index contributed by atoms with van der Waals surface area (Å²) in [6, 6.07) is 9.81. The van der Waals surface area contributed by atoms with Crippen molar-refractivity contribution in [3.8, 4) is 11.5 Å². The Kier molecular flexibility index (Phi) is 5.08. The molecule has 0 aromatic heterocycles. The van der Waals surface area contributed by atoms with Gasteiger partial charge in [0, 0.05) is 5.56 Å². The van der Waals surface area contributed by atoms with Gasteiger partial charge in [-0.1, -0.05) is 12.1 Å². The molecule has 1 aliphatic rings. The summed E-state index contributed by atoms with van der Waals surface area (Å²) in [4.78, 5) is 22.4. The topological polar surface area (TPSA) is 67.9 Å². The fourth-order valence-electron chi connectivity index (χ4n) is 2.32. The van der Waals surface area contributed by atoms with E-state index < -0.39 is 5.82 Å². The zero-order valence-electron chi connectivity index (χ0n) is 13.3. The van der Waals surface area contributed by atoms with Gasteiger partial charge in [-0.05, 0) is 29.8 Å². The summed E-state index contributed by atoms with van der Waals surface area (Å²) < 4.78 is 29.3. The molecule has 0 saturated carbocycles. The van der Waals surface area contributed by atoms with Gasteiger partial charge in [-0.2, -0.15) is 0 Å². The molecule has 6 nitrogen and oxygen atoms in total. The van der Waals surface area contributed by atoms with E-state index in [2.05, 4.69) is 4.72 Å². The number of halogens is 1. The van der Waals surface area contributed by atoms with Crippen molar-refractivity contribution in [1.29, 1.82) is 0 Å². The van der Waals surface area contributed by atoms with Gasteiger partial charge in [-0.25, -0.2) is 4.39 Å². The molecule has 1 heterocycles. The van der Waals surface area contributed by atoms with Crippen LogP contribution in [0.15, 0.2) is 36.4 Å². The molecule has 1 saturated heterocycles. The van der Waals surface area contributed by atoms with E-state index in [9.17, 15) is 14.0 Å². The van der Waals surface area contributed by atoms with Gasteiger partial charge in [0.1, 0.15) is 36.6 Å². The smallest absolute Gasteiger partial charge is 0.251 e. The lowest BCUT2D eigenvalue weighted by molar-refractivity contribution is -0.117. The van der Waals surface area contributed by atoms with Crippen LogP contribution in [0.25, 0.3) is 0 Å². The zero-order chi connectivity index (χ0) is 17.8. The van der Waals surface area contributed by atoms with Crippen LogP contribution in [-0.4, -0.2) is 25.8 Å². The Bertz CT molecular complexity index is 798. The third-order valence-electron chi connectivity index (χ3n) is 3.55. The van der Waals surface area contributed by atoms with Crippen molar-refractivity contribution in [3.05, 3.63) is 53.3 Å². The summed E-state index contributed by atoms with van der Waals surface area (Å²) >= 11 is 0.981. The molecule has 0 atom stereocenters. The van der Waals surface area contributed by atoms with Gasteiger partial charge < -0.3 is 9.47 Å². The number of aldehydes is 1. The van der Waals surface area contributed by atoms with Gasteiger partial charge in [0.15, 0.2) is 5.82 Å². The third-order valence-corrected chi connectivity index (χ3v) is 4.40. The first-order valence-corrected chi connectivity index (χ1v) is 8.16. The van der Waals surface area contributed by atoms with Gasteiger partial charge in [-0.3, -0.25) is 18.6 Å². The van der Waals surface area contributed by atoms with Crippen LogP contribution in [0.1, 0.15) is 15.9 Å². The average Bonchev–Trinajstić information content (AvgIpc) is 3.05. The molecule has 0 spiro atoms. The molecule has 1 N–H and O–H groups in total. The number of hydrogen-bond donors (Lipinski definition) is 1. The molecule has 1 aliphatic heterocycles. The standard InChI is InChI=1S/C17H15FN2O4S/c1-23-13-4-2-11(3-5-13)10-24-15-7-12(9-21)6-14(18)17(15)20-8-16(22)19-25-20/h2-7,9H,8,10H2,1H3,(H,19,22). The molecule has 3 rings (SSSR count). The number of carbonyl (C=O) groups is 2. The van der Waals surface area contributed by atoms with Crippen molar-refractivity contribution in [2.24, 2.45) is 0 Å². The highest BCUT2D eigenvalue weighted by Crippen LogP contribution is 2.37. The number of carbonyl (C=O) groups excluding carboxylic acids is 2. The van der Waals surface area contributed by atoms with Crippen LogP contribution in [0.4, 0.5) is 10.1 Å². The number of amides is 1. The summed E-state index contributed by atoms with van der Waals surface area (Å²) in [5.74, 6) is 0.0571. The highest BCUT2D eigenvalue weighted by atomic mass is 32.2. The van der Waals surface area contributed by atoms with Gasteiger partial charge in [0.05, 0.1) is 19.2 Å². The highest BCUT2D eigenvalue weighted by Gasteiger charge is 2.27. The summed E-state index contributed by atoms with van der Waals surface area (Å²) in [5.41, 5.74) is 1.14. The summed E-state index contributed by atoms with van der Waals surface area (Å²) in [7, 11) is 1.58. The number of rotatable bonds is 6. The summed E-state index contributed by atoms with van der Waals surface area (Å²) in [5, 5.41) is 0.